The lowest BCUT2D eigenvalue weighted by Crippen LogP contribution is -2.30. The van der Waals surface area contributed by atoms with Crippen LogP contribution in [0, 0.1) is 6.92 Å². The molecular formula is C23H23N3O3S. The third-order valence-corrected chi connectivity index (χ3v) is 7.93. The Balaban J connectivity index is 1.44. The standard InChI is InChI=1S/C23H23N3O3S/c1-16-5-4-6-18-15-19-11-14-26(22(19)24-21(16)18)23(27)17-7-9-20(10-8-17)30(28,29)25-12-2-3-13-25/h4-10,15H,2-3,11-14H2,1H3. The summed E-state index contributed by atoms with van der Waals surface area (Å²) in [7, 11) is -3.48. The molecule has 0 aliphatic carbocycles. The van der Waals surface area contributed by atoms with Crippen molar-refractivity contribution in [3.05, 3.63) is 65.2 Å². The molecule has 30 heavy (non-hydrogen) atoms. The second kappa shape index (κ2) is 7.18. The normalized spacial score (nSPS) is 16.9. The fourth-order valence-corrected chi connectivity index (χ4v) is 5.85. The summed E-state index contributed by atoms with van der Waals surface area (Å²) in [6, 6.07) is 14.5. The van der Waals surface area contributed by atoms with E-state index in [1.165, 1.54) is 16.4 Å². The molecule has 2 aromatic carbocycles. The quantitative estimate of drug-likeness (QED) is 0.649. The van der Waals surface area contributed by atoms with Crippen LogP contribution in [0.3, 0.4) is 0 Å². The summed E-state index contributed by atoms with van der Waals surface area (Å²) in [6.07, 6.45) is 2.55. The highest BCUT2D eigenvalue weighted by Gasteiger charge is 2.30. The first-order valence-corrected chi connectivity index (χ1v) is 11.7. The van der Waals surface area contributed by atoms with Gasteiger partial charge < -0.3 is 0 Å². The summed E-state index contributed by atoms with van der Waals surface area (Å²) in [5.74, 6) is 0.551. The molecule has 0 bridgehead atoms. The maximum atomic E-state index is 13.2. The molecule has 2 aliphatic rings. The third-order valence-electron chi connectivity index (χ3n) is 6.01. The number of para-hydroxylation sites is 1. The van der Waals surface area contributed by atoms with E-state index in [0.29, 0.717) is 31.0 Å². The van der Waals surface area contributed by atoms with Crippen LogP contribution in [-0.4, -0.2) is 43.2 Å². The van der Waals surface area contributed by atoms with Crippen molar-refractivity contribution >= 4 is 32.7 Å². The number of aryl methyl sites for hydroxylation is 1. The number of rotatable bonds is 3. The minimum atomic E-state index is -3.48. The molecule has 0 N–H and O–H groups in total. The van der Waals surface area contributed by atoms with Crippen LogP contribution >= 0.6 is 0 Å². The van der Waals surface area contributed by atoms with Crippen LogP contribution in [0.25, 0.3) is 10.9 Å². The molecule has 1 amide bonds. The molecular weight excluding hydrogens is 398 g/mol. The van der Waals surface area contributed by atoms with E-state index in [1.807, 2.05) is 25.1 Å². The smallest absolute Gasteiger partial charge is 0.259 e. The maximum absolute atomic E-state index is 13.2. The van der Waals surface area contributed by atoms with E-state index in [4.69, 9.17) is 4.98 Å². The van der Waals surface area contributed by atoms with Gasteiger partial charge in [-0.3, -0.25) is 9.69 Å². The van der Waals surface area contributed by atoms with Gasteiger partial charge in [-0.1, -0.05) is 18.2 Å². The fraction of sp³-hybridized carbons (Fsp3) is 0.304. The lowest BCUT2D eigenvalue weighted by atomic mass is 10.1. The highest BCUT2D eigenvalue weighted by Crippen LogP contribution is 2.31. The van der Waals surface area contributed by atoms with Crippen molar-refractivity contribution in [2.24, 2.45) is 0 Å². The molecule has 3 heterocycles. The van der Waals surface area contributed by atoms with Crippen molar-refractivity contribution in [1.82, 2.24) is 9.29 Å². The van der Waals surface area contributed by atoms with E-state index < -0.39 is 10.0 Å². The Labute approximate surface area is 176 Å². The SMILES string of the molecule is Cc1cccc2cc3c(nc12)N(C(=O)c1ccc(S(=O)(=O)N2CCCC2)cc1)CC3. The van der Waals surface area contributed by atoms with E-state index in [9.17, 15) is 13.2 Å². The van der Waals surface area contributed by atoms with Gasteiger partial charge in [-0.15, -0.1) is 0 Å². The number of pyridine rings is 1. The van der Waals surface area contributed by atoms with Gasteiger partial charge in [0.15, 0.2) is 0 Å². The average Bonchev–Trinajstić information content (AvgIpc) is 3.43. The van der Waals surface area contributed by atoms with Crippen LogP contribution < -0.4 is 4.90 Å². The summed E-state index contributed by atoms with van der Waals surface area (Å²) >= 11 is 0. The highest BCUT2D eigenvalue weighted by molar-refractivity contribution is 7.89. The van der Waals surface area contributed by atoms with Gasteiger partial charge in [-0.05, 0) is 67.6 Å². The Hall–Kier alpha value is -2.77. The van der Waals surface area contributed by atoms with Gasteiger partial charge in [0.2, 0.25) is 10.0 Å². The van der Waals surface area contributed by atoms with Crippen molar-refractivity contribution < 1.29 is 13.2 Å². The fourth-order valence-electron chi connectivity index (χ4n) is 4.34. The maximum Gasteiger partial charge on any atom is 0.259 e. The van der Waals surface area contributed by atoms with Crippen LogP contribution in [0.15, 0.2) is 53.4 Å². The molecule has 5 rings (SSSR count). The molecule has 6 nitrogen and oxygen atoms in total. The molecule has 0 atom stereocenters. The molecule has 154 valence electrons. The van der Waals surface area contributed by atoms with Crippen LogP contribution in [0.1, 0.15) is 34.3 Å². The predicted octanol–water partition coefficient (Wildman–Crippen LogP) is 3.53. The minimum Gasteiger partial charge on any atom is -0.292 e. The van der Waals surface area contributed by atoms with Crippen molar-refractivity contribution in [3.63, 3.8) is 0 Å². The zero-order chi connectivity index (χ0) is 20.9. The van der Waals surface area contributed by atoms with Gasteiger partial charge in [-0.2, -0.15) is 4.31 Å². The Kier molecular flexibility index (Phi) is 4.60. The first-order chi connectivity index (χ1) is 14.4. The van der Waals surface area contributed by atoms with Gasteiger partial charge in [-0.25, -0.2) is 13.4 Å². The van der Waals surface area contributed by atoms with Crippen LogP contribution in [0.5, 0.6) is 0 Å². The van der Waals surface area contributed by atoms with Crippen molar-refractivity contribution in [1.29, 1.82) is 0 Å². The summed E-state index contributed by atoms with van der Waals surface area (Å²) in [5, 5.41) is 1.08. The molecule has 0 spiro atoms. The Morgan fingerprint density at radius 3 is 2.47 bits per heavy atom. The van der Waals surface area contributed by atoms with E-state index >= 15 is 0 Å². The van der Waals surface area contributed by atoms with E-state index in [1.54, 1.807) is 17.0 Å². The number of nitrogens with zero attached hydrogens (tertiary/aromatic N) is 3. The number of fused-ring (bicyclic) bond motifs is 2. The number of amides is 1. The first kappa shape index (κ1) is 19.2. The molecule has 1 fully saturated rings. The number of hydrogen-bond acceptors (Lipinski definition) is 4. The van der Waals surface area contributed by atoms with E-state index in [-0.39, 0.29) is 10.8 Å². The summed E-state index contributed by atoms with van der Waals surface area (Å²) in [4.78, 5) is 19.9. The summed E-state index contributed by atoms with van der Waals surface area (Å²) < 4.78 is 26.9. The van der Waals surface area contributed by atoms with Crippen molar-refractivity contribution in [2.45, 2.75) is 31.1 Å². The van der Waals surface area contributed by atoms with Crippen LogP contribution in [0.4, 0.5) is 5.82 Å². The number of sulfonamides is 1. The Bertz CT molecular complexity index is 1250. The Morgan fingerprint density at radius 1 is 1.00 bits per heavy atom. The van der Waals surface area contributed by atoms with E-state index in [0.717, 1.165) is 41.3 Å². The van der Waals surface area contributed by atoms with E-state index in [2.05, 4.69) is 6.07 Å². The Morgan fingerprint density at radius 2 is 1.73 bits per heavy atom. The van der Waals surface area contributed by atoms with Gasteiger partial charge in [0, 0.05) is 30.6 Å². The average molecular weight is 422 g/mol. The molecule has 0 unspecified atom stereocenters. The molecule has 1 aromatic heterocycles. The molecule has 2 aliphatic heterocycles. The number of aromatic nitrogens is 1. The third kappa shape index (κ3) is 3.09. The second-order valence-corrected chi connectivity index (χ2v) is 9.90. The number of carbonyl (C=O) groups excluding carboxylic acids is 1. The molecule has 0 radical (unpaired) electrons. The monoisotopic (exact) mass is 421 g/mol. The predicted molar refractivity (Wildman–Crippen MR) is 116 cm³/mol. The molecule has 3 aromatic rings. The molecule has 0 saturated carbocycles. The molecule has 1 saturated heterocycles. The lowest BCUT2D eigenvalue weighted by Gasteiger charge is -2.18. The van der Waals surface area contributed by atoms with Gasteiger partial charge in [0.05, 0.1) is 10.4 Å². The minimum absolute atomic E-state index is 0.153. The topological polar surface area (TPSA) is 70.6 Å². The number of anilines is 1. The van der Waals surface area contributed by atoms with Gasteiger partial charge >= 0.3 is 0 Å². The van der Waals surface area contributed by atoms with Crippen molar-refractivity contribution in [3.8, 4) is 0 Å². The number of benzene rings is 2. The van der Waals surface area contributed by atoms with Crippen LogP contribution in [-0.2, 0) is 16.4 Å². The second-order valence-electron chi connectivity index (χ2n) is 7.96. The summed E-state index contributed by atoms with van der Waals surface area (Å²) in [6.45, 7) is 3.71. The highest BCUT2D eigenvalue weighted by atomic mass is 32.2. The number of carbonyl (C=O) groups is 1. The summed E-state index contributed by atoms with van der Waals surface area (Å²) in [5.41, 5.74) is 3.51. The molecule has 7 heteroatoms. The van der Waals surface area contributed by atoms with Crippen LogP contribution in [0.2, 0.25) is 0 Å². The number of hydrogen-bond donors (Lipinski definition) is 0. The van der Waals surface area contributed by atoms with Gasteiger partial charge in [0.1, 0.15) is 5.82 Å². The van der Waals surface area contributed by atoms with Crippen molar-refractivity contribution in [2.75, 3.05) is 24.5 Å². The zero-order valence-corrected chi connectivity index (χ0v) is 17.7. The zero-order valence-electron chi connectivity index (χ0n) is 16.8. The largest absolute Gasteiger partial charge is 0.292 e. The lowest BCUT2D eigenvalue weighted by molar-refractivity contribution is 0.0988. The first-order valence-electron chi connectivity index (χ1n) is 10.3. The van der Waals surface area contributed by atoms with Gasteiger partial charge in [0.25, 0.3) is 5.91 Å².